The number of hydrogen-bond donors (Lipinski definition) is 6. The molecule has 52 heavy (non-hydrogen) atoms. The number of carbonyl (C=O) groups excluding carboxylic acids is 5. The highest BCUT2D eigenvalue weighted by Crippen LogP contribution is 2.27. The van der Waals surface area contributed by atoms with Crippen LogP contribution in [0.2, 0.25) is 0 Å². The van der Waals surface area contributed by atoms with E-state index in [-0.39, 0.29) is 31.5 Å². The smallest absolute Gasteiger partial charge is 0.244 e. The van der Waals surface area contributed by atoms with Gasteiger partial charge in [-0.1, -0.05) is 78.6 Å². The van der Waals surface area contributed by atoms with Crippen LogP contribution in [0.5, 0.6) is 0 Å². The summed E-state index contributed by atoms with van der Waals surface area (Å²) in [6.45, 7) is 9.01. The standard InChI is InChI=1S/C38H72N8O6/c1-7-9-10-15-20-32-27(4)38(51)46(6)31(17-8-2)36(49)44-33(28-18-13-11-12-14-19-28)37(50)42-29(23-40)34(47)43-30(24-45(5)22-16-21-39)35(48)41-26(3)25-52-32/h26-33H,7-25,39-40H2,1-6H3,(H,41,48)(H,42,50)(H,43,47)(H,44,49)/t26-,27?,29+,30+,31+,32-,33?/m1/s1. The van der Waals surface area contributed by atoms with Crippen LogP contribution in [0, 0.1) is 11.8 Å². The summed E-state index contributed by atoms with van der Waals surface area (Å²) in [5.74, 6) is -2.82. The van der Waals surface area contributed by atoms with Crippen molar-refractivity contribution in [1.29, 1.82) is 0 Å². The van der Waals surface area contributed by atoms with Crippen LogP contribution in [-0.2, 0) is 28.7 Å². The Kier molecular flexibility index (Phi) is 21.4. The van der Waals surface area contributed by atoms with Crippen molar-refractivity contribution >= 4 is 29.5 Å². The number of hydrogen-bond acceptors (Lipinski definition) is 9. The highest BCUT2D eigenvalue weighted by Gasteiger charge is 2.38. The fraction of sp³-hybridized carbons (Fsp3) is 0.868. The van der Waals surface area contributed by atoms with E-state index in [1.807, 2.05) is 32.7 Å². The lowest BCUT2D eigenvalue weighted by Crippen LogP contribution is -2.62. The van der Waals surface area contributed by atoms with Gasteiger partial charge in [0.25, 0.3) is 0 Å². The fourth-order valence-corrected chi connectivity index (χ4v) is 7.33. The Morgan fingerprint density at radius 3 is 2.04 bits per heavy atom. The van der Waals surface area contributed by atoms with Gasteiger partial charge in [0.05, 0.1) is 18.6 Å². The number of unbranched alkanes of at least 4 members (excludes halogenated alkanes) is 3. The van der Waals surface area contributed by atoms with Crippen LogP contribution in [0.3, 0.4) is 0 Å². The molecular formula is C38H72N8O6. The molecule has 7 atom stereocenters. The predicted octanol–water partition coefficient (Wildman–Crippen LogP) is 1.79. The van der Waals surface area contributed by atoms with Crippen molar-refractivity contribution in [2.75, 3.05) is 46.9 Å². The Morgan fingerprint density at radius 2 is 1.42 bits per heavy atom. The van der Waals surface area contributed by atoms with Crippen LogP contribution < -0.4 is 32.7 Å². The number of likely N-dealkylation sites (N-methyl/N-ethyl adjacent to an activating group) is 2. The van der Waals surface area contributed by atoms with Crippen LogP contribution in [0.4, 0.5) is 0 Å². The third kappa shape index (κ3) is 14.9. The van der Waals surface area contributed by atoms with Gasteiger partial charge in [0, 0.05) is 26.2 Å². The van der Waals surface area contributed by atoms with Crippen molar-refractivity contribution < 1.29 is 28.7 Å². The molecule has 1 heterocycles. The zero-order chi connectivity index (χ0) is 38.6. The third-order valence-corrected chi connectivity index (χ3v) is 10.6. The monoisotopic (exact) mass is 737 g/mol. The summed E-state index contributed by atoms with van der Waals surface area (Å²) in [4.78, 5) is 73.3. The van der Waals surface area contributed by atoms with Crippen LogP contribution in [-0.4, -0.2) is 123 Å². The molecule has 5 amide bonds. The average Bonchev–Trinajstić information content (AvgIpc) is 3.41. The summed E-state index contributed by atoms with van der Waals surface area (Å²) >= 11 is 0. The Hall–Kier alpha value is -2.81. The van der Waals surface area contributed by atoms with Crippen molar-refractivity contribution in [1.82, 2.24) is 31.1 Å². The van der Waals surface area contributed by atoms with Gasteiger partial charge in [0.15, 0.2) is 0 Å². The first-order chi connectivity index (χ1) is 24.9. The minimum absolute atomic E-state index is 0.151. The van der Waals surface area contributed by atoms with E-state index in [2.05, 4.69) is 28.2 Å². The quantitative estimate of drug-likeness (QED) is 0.114. The Bertz CT molecular complexity index is 1100. The maximum atomic E-state index is 14.2. The summed E-state index contributed by atoms with van der Waals surface area (Å²) in [5, 5.41) is 11.7. The van der Waals surface area contributed by atoms with Crippen molar-refractivity contribution in [3.63, 3.8) is 0 Å². The lowest BCUT2D eigenvalue weighted by atomic mass is 9.90. The number of carbonyl (C=O) groups is 5. The topological polar surface area (TPSA) is 201 Å². The van der Waals surface area contributed by atoms with E-state index in [1.54, 1.807) is 7.05 Å². The lowest BCUT2D eigenvalue weighted by Gasteiger charge is -2.34. The molecule has 14 nitrogen and oxygen atoms in total. The van der Waals surface area contributed by atoms with E-state index in [0.717, 1.165) is 64.2 Å². The molecule has 2 fully saturated rings. The first kappa shape index (κ1) is 45.3. The molecule has 1 aliphatic heterocycles. The molecule has 0 radical (unpaired) electrons. The summed E-state index contributed by atoms with van der Waals surface area (Å²) in [5.41, 5.74) is 11.8. The first-order valence-corrected chi connectivity index (χ1v) is 20.1. The van der Waals surface area contributed by atoms with Crippen molar-refractivity contribution in [3.05, 3.63) is 0 Å². The summed E-state index contributed by atoms with van der Waals surface area (Å²) in [6.07, 6.45) is 11.5. The van der Waals surface area contributed by atoms with E-state index >= 15 is 0 Å². The molecule has 2 unspecified atom stereocenters. The highest BCUT2D eigenvalue weighted by atomic mass is 16.5. The minimum atomic E-state index is -1.14. The maximum Gasteiger partial charge on any atom is 0.244 e. The third-order valence-electron chi connectivity index (χ3n) is 10.6. The molecule has 2 aliphatic rings. The number of nitrogens with two attached hydrogens (primary N) is 2. The summed E-state index contributed by atoms with van der Waals surface area (Å²) < 4.78 is 6.40. The second-order valence-electron chi connectivity index (χ2n) is 15.2. The fourth-order valence-electron chi connectivity index (χ4n) is 7.33. The minimum Gasteiger partial charge on any atom is -0.375 e. The molecule has 0 aromatic heterocycles. The van der Waals surface area contributed by atoms with Gasteiger partial charge in [-0.05, 0) is 65.1 Å². The van der Waals surface area contributed by atoms with Crippen molar-refractivity contribution in [3.8, 4) is 0 Å². The molecule has 300 valence electrons. The zero-order valence-electron chi connectivity index (χ0n) is 33.1. The zero-order valence-corrected chi connectivity index (χ0v) is 33.1. The number of ether oxygens (including phenoxy) is 1. The average molecular weight is 737 g/mol. The molecule has 0 aromatic rings. The van der Waals surface area contributed by atoms with Gasteiger partial charge >= 0.3 is 0 Å². The second kappa shape index (κ2) is 24.5. The second-order valence-corrected chi connectivity index (χ2v) is 15.2. The molecule has 8 N–H and O–H groups in total. The van der Waals surface area contributed by atoms with Gasteiger partial charge < -0.3 is 47.3 Å². The van der Waals surface area contributed by atoms with Crippen LogP contribution in [0.25, 0.3) is 0 Å². The van der Waals surface area contributed by atoms with E-state index in [0.29, 0.717) is 38.8 Å². The van der Waals surface area contributed by atoms with Crippen LogP contribution in [0.15, 0.2) is 0 Å². The van der Waals surface area contributed by atoms with E-state index in [4.69, 9.17) is 16.2 Å². The molecule has 1 aliphatic carbocycles. The van der Waals surface area contributed by atoms with Crippen LogP contribution >= 0.6 is 0 Å². The predicted molar refractivity (Wildman–Crippen MR) is 204 cm³/mol. The van der Waals surface area contributed by atoms with Gasteiger partial charge in [-0.15, -0.1) is 0 Å². The van der Waals surface area contributed by atoms with Gasteiger partial charge in [0.2, 0.25) is 29.5 Å². The van der Waals surface area contributed by atoms with Gasteiger partial charge in [0.1, 0.15) is 24.2 Å². The normalized spacial score (nSPS) is 28.6. The number of nitrogens with zero attached hydrogens (tertiary/aromatic N) is 2. The molecule has 0 spiro atoms. The van der Waals surface area contributed by atoms with Gasteiger partial charge in [-0.25, -0.2) is 0 Å². The SMILES string of the molecule is CCCCCC[C@H]1OC[C@@H](C)NC(=O)[C@H](CN(C)CCCN)NC(=O)[C@H](CN)NC(=O)C(C2CCCCCC2)NC(=O)[C@H](CCC)N(C)C(=O)C1C. The Morgan fingerprint density at radius 1 is 0.769 bits per heavy atom. The Labute approximate surface area is 313 Å². The van der Waals surface area contributed by atoms with Gasteiger partial charge in [-0.3, -0.25) is 24.0 Å². The summed E-state index contributed by atoms with van der Waals surface area (Å²) in [7, 11) is 3.50. The molecule has 14 heteroatoms. The van der Waals surface area contributed by atoms with Gasteiger partial charge in [-0.2, -0.15) is 0 Å². The van der Waals surface area contributed by atoms with E-state index in [9.17, 15) is 24.0 Å². The first-order valence-electron chi connectivity index (χ1n) is 20.1. The number of nitrogens with one attached hydrogen (secondary N) is 4. The number of rotatable bonds is 14. The largest absolute Gasteiger partial charge is 0.375 e. The molecule has 0 aromatic carbocycles. The molecule has 1 saturated heterocycles. The lowest BCUT2D eigenvalue weighted by molar-refractivity contribution is -0.147. The molecule has 2 rings (SSSR count). The van der Waals surface area contributed by atoms with E-state index in [1.165, 1.54) is 4.90 Å². The van der Waals surface area contributed by atoms with Crippen molar-refractivity contribution in [2.24, 2.45) is 23.3 Å². The molecule has 1 saturated carbocycles. The van der Waals surface area contributed by atoms with E-state index < -0.39 is 65.9 Å². The Balaban J connectivity index is 2.56. The van der Waals surface area contributed by atoms with Crippen LogP contribution in [0.1, 0.15) is 118 Å². The van der Waals surface area contributed by atoms with Crippen molar-refractivity contribution in [2.45, 2.75) is 154 Å². The molecule has 0 bridgehead atoms. The molecular weight excluding hydrogens is 664 g/mol. The maximum absolute atomic E-state index is 14.2. The number of amides is 5. The summed E-state index contributed by atoms with van der Waals surface area (Å²) in [6, 6.07) is -4.27. The highest BCUT2D eigenvalue weighted by molar-refractivity contribution is 5.96.